The van der Waals surface area contributed by atoms with E-state index in [0.29, 0.717) is 11.3 Å². The van der Waals surface area contributed by atoms with E-state index in [-0.39, 0.29) is 5.91 Å². The molecule has 1 heterocycles. The molecule has 4 heteroatoms. The summed E-state index contributed by atoms with van der Waals surface area (Å²) in [5, 5.41) is 6.47. The molecule has 0 bridgehead atoms. The predicted molar refractivity (Wildman–Crippen MR) is 109 cm³/mol. The Morgan fingerprint density at radius 3 is 2.50 bits per heavy atom. The summed E-state index contributed by atoms with van der Waals surface area (Å²) in [6, 6.07) is 14.1. The quantitative estimate of drug-likeness (QED) is 0.709. The fourth-order valence-electron chi connectivity index (χ4n) is 2.81. The number of fused-ring (bicyclic) bond motifs is 3. The molecule has 0 unspecified atom stereocenters. The first-order valence-corrected chi connectivity index (χ1v) is 9.13. The third-order valence-corrected chi connectivity index (χ3v) is 4.30. The SMILES string of the molecule is CC(C)CNc1cccc2c1[nH]c1cc(=NC(=O)C(C)(C)C)cccc12. The van der Waals surface area contributed by atoms with Crippen molar-refractivity contribution in [1.82, 2.24) is 4.98 Å². The topological polar surface area (TPSA) is 57.2 Å². The molecule has 3 rings (SSSR count). The number of aromatic amines is 1. The Morgan fingerprint density at radius 2 is 1.81 bits per heavy atom. The molecule has 1 amide bonds. The van der Waals surface area contributed by atoms with Crippen molar-refractivity contribution in [1.29, 1.82) is 0 Å². The Labute approximate surface area is 154 Å². The van der Waals surface area contributed by atoms with E-state index >= 15 is 0 Å². The van der Waals surface area contributed by atoms with Crippen LogP contribution >= 0.6 is 0 Å². The van der Waals surface area contributed by atoms with Gasteiger partial charge in [0.25, 0.3) is 5.91 Å². The van der Waals surface area contributed by atoms with Crippen molar-refractivity contribution in [2.75, 3.05) is 11.9 Å². The van der Waals surface area contributed by atoms with Crippen LogP contribution in [-0.2, 0) is 4.79 Å². The number of benzene rings is 1. The zero-order valence-electron chi connectivity index (χ0n) is 16.2. The maximum Gasteiger partial charge on any atom is 0.251 e. The number of carbonyl (C=O) groups is 1. The summed E-state index contributed by atoms with van der Waals surface area (Å²) >= 11 is 0. The number of nitrogens with one attached hydrogen (secondary N) is 2. The molecule has 0 saturated carbocycles. The van der Waals surface area contributed by atoms with Crippen molar-refractivity contribution < 1.29 is 4.79 Å². The first-order valence-electron chi connectivity index (χ1n) is 9.13. The molecule has 4 nitrogen and oxygen atoms in total. The number of hydrogen-bond acceptors (Lipinski definition) is 2. The molecule has 0 atom stereocenters. The van der Waals surface area contributed by atoms with Gasteiger partial charge in [-0.05, 0) is 24.1 Å². The number of carbonyl (C=O) groups excluding carboxylic acids is 1. The van der Waals surface area contributed by atoms with E-state index in [1.807, 2.05) is 39.0 Å². The van der Waals surface area contributed by atoms with E-state index in [1.54, 1.807) is 0 Å². The number of para-hydroxylation sites is 1. The van der Waals surface area contributed by atoms with Gasteiger partial charge in [0.2, 0.25) is 0 Å². The van der Waals surface area contributed by atoms with Gasteiger partial charge in [-0.2, -0.15) is 0 Å². The second-order valence-corrected chi connectivity index (χ2v) is 8.22. The Morgan fingerprint density at radius 1 is 1.12 bits per heavy atom. The van der Waals surface area contributed by atoms with Crippen LogP contribution in [0.2, 0.25) is 0 Å². The summed E-state index contributed by atoms with van der Waals surface area (Å²) in [6.45, 7) is 11.0. The van der Waals surface area contributed by atoms with Gasteiger partial charge >= 0.3 is 0 Å². The van der Waals surface area contributed by atoms with Crippen LogP contribution in [0.5, 0.6) is 0 Å². The fourth-order valence-corrected chi connectivity index (χ4v) is 2.81. The highest BCUT2D eigenvalue weighted by Crippen LogP contribution is 2.29. The number of anilines is 1. The Kier molecular flexibility index (Phi) is 4.86. The number of rotatable bonds is 3. The number of amides is 1. The molecule has 1 aromatic heterocycles. The molecule has 3 aromatic rings. The molecule has 0 saturated heterocycles. The average Bonchev–Trinajstić information content (AvgIpc) is 2.77. The number of H-pyrrole nitrogens is 1. The van der Waals surface area contributed by atoms with Crippen LogP contribution < -0.4 is 10.7 Å². The standard InChI is InChI=1S/C22H27N3O/c1-14(2)13-23-18-11-7-10-17-16-9-6-8-15(12-19(16)25-20(17)18)24-21(26)22(3,4)5/h6-12,14,23,25H,13H2,1-5H3. The van der Waals surface area contributed by atoms with Crippen molar-refractivity contribution in [3.05, 3.63) is 47.8 Å². The lowest BCUT2D eigenvalue weighted by Crippen LogP contribution is -2.20. The van der Waals surface area contributed by atoms with Crippen molar-refractivity contribution in [2.24, 2.45) is 16.3 Å². The molecule has 26 heavy (non-hydrogen) atoms. The molecule has 0 spiro atoms. The minimum absolute atomic E-state index is 0.118. The minimum atomic E-state index is -0.484. The van der Waals surface area contributed by atoms with Crippen molar-refractivity contribution in [3.8, 4) is 0 Å². The van der Waals surface area contributed by atoms with E-state index < -0.39 is 5.41 Å². The van der Waals surface area contributed by atoms with Crippen molar-refractivity contribution >= 4 is 33.4 Å². The molecule has 136 valence electrons. The Hall–Kier alpha value is -2.62. The fraction of sp³-hybridized carbons (Fsp3) is 0.364. The van der Waals surface area contributed by atoms with Gasteiger partial charge in [-0.3, -0.25) is 4.79 Å². The summed E-state index contributed by atoms with van der Waals surface area (Å²) in [5.74, 6) is 0.452. The van der Waals surface area contributed by atoms with Crippen LogP contribution in [0, 0.1) is 11.3 Å². The van der Waals surface area contributed by atoms with Gasteiger partial charge in [-0.25, -0.2) is 4.99 Å². The number of nitrogens with zero attached hydrogens (tertiary/aromatic N) is 1. The Bertz CT molecular complexity index is 1020. The molecule has 0 aliphatic carbocycles. The number of hydrogen-bond donors (Lipinski definition) is 2. The summed E-state index contributed by atoms with van der Waals surface area (Å²) < 4.78 is 0. The van der Waals surface area contributed by atoms with E-state index in [9.17, 15) is 4.79 Å². The minimum Gasteiger partial charge on any atom is -0.383 e. The van der Waals surface area contributed by atoms with Crippen LogP contribution in [0.4, 0.5) is 5.69 Å². The first-order chi connectivity index (χ1) is 12.3. The van der Waals surface area contributed by atoms with Crippen LogP contribution in [0.3, 0.4) is 0 Å². The monoisotopic (exact) mass is 349 g/mol. The van der Waals surface area contributed by atoms with Crippen LogP contribution in [0.15, 0.2) is 47.5 Å². The maximum atomic E-state index is 12.3. The second kappa shape index (κ2) is 6.94. The van der Waals surface area contributed by atoms with Gasteiger partial charge < -0.3 is 10.3 Å². The smallest absolute Gasteiger partial charge is 0.251 e. The lowest BCUT2D eigenvalue weighted by Gasteiger charge is -2.11. The summed E-state index contributed by atoms with van der Waals surface area (Å²) in [7, 11) is 0. The first kappa shape index (κ1) is 18.2. The highest BCUT2D eigenvalue weighted by Gasteiger charge is 2.20. The molecule has 0 aliphatic rings. The van der Waals surface area contributed by atoms with Gasteiger partial charge in [0.15, 0.2) is 0 Å². The normalized spacial score (nSPS) is 12.9. The number of aromatic nitrogens is 1. The molecule has 0 radical (unpaired) electrons. The predicted octanol–water partition coefficient (Wildman–Crippen LogP) is 4.86. The van der Waals surface area contributed by atoms with Crippen molar-refractivity contribution in [3.63, 3.8) is 0 Å². The molecular weight excluding hydrogens is 322 g/mol. The third kappa shape index (κ3) is 3.79. The van der Waals surface area contributed by atoms with E-state index in [2.05, 4.69) is 53.4 Å². The summed E-state index contributed by atoms with van der Waals surface area (Å²) in [4.78, 5) is 20.1. The van der Waals surface area contributed by atoms with E-state index in [1.165, 1.54) is 0 Å². The largest absolute Gasteiger partial charge is 0.383 e. The van der Waals surface area contributed by atoms with Gasteiger partial charge in [0, 0.05) is 28.2 Å². The molecule has 2 aromatic carbocycles. The zero-order valence-corrected chi connectivity index (χ0v) is 16.2. The lowest BCUT2D eigenvalue weighted by molar-refractivity contribution is -0.125. The molecule has 0 aliphatic heterocycles. The molecule has 2 N–H and O–H groups in total. The average molecular weight is 349 g/mol. The van der Waals surface area contributed by atoms with Crippen LogP contribution in [0.1, 0.15) is 34.6 Å². The maximum absolute atomic E-state index is 12.3. The van der Waals surface area contributed by atoms with E-state index in [4.69, 9.17) is 0 Å². The summed E-state index contributed by atoms with van der Waals surface area (Å²) in [5.41, 5.74) is 2.67. The van der Waals surface area contributed by atoms with Crippen LogP contribution in [-0.4, -0.2) is 17.4 Å². The van der Waals surface area contributed by atoms with Gasteiger partial charge in [-0.1, -0.05) is 58.9 Å². The molecule has 0 fully saturated rings. The second-order valence-electron chi connectivity index (χ2n) is 8.22. The summed E-state index contributed by atoms with van der Waals surface area (Å²) in [6.07, 6.45) is 0. The highest BCUT2D eigenvalue weighted by atomic mass is 16.1. The lowest BCUT2D eigenvalue weighted by atomic mass is 9.96. The zero-order chi connectivity index (χ0) is 18.9. The van der Waals surface area contributed by atoms with E-state index in [0.717, 1.165) is 34.0 Å². The van der Waals surface area contributed by atoms with Gasteiger partial charge in [-0.15, -0.1) is 0 Å². The Balaban J connectivity index is 2.16. The van der Waals surface area contributed by atoms with Gasteiger partial charge in [0.1, 0.15) is 0 Å². The van der Waals surface area contributed by atoms with Crippen molar-refractivity contribution in [2.45, 2.75) is 34.6 Å². The van der Waals surface area contributed by atoms with Crippen LogP contribution in [0.25, 0.3) is 21.8 Å². The highest BCUT2D eigenvalue weighted by molar-refractivity contribution is 6.10. The third-order valence-electron chi connectivity index (χ3n) is 4.30. The molecular formula is C22H27N3O. The van der Waals surface area contributed by atoms with Gasteiger partial charge in [0.05, 0.1) is 16.6 Å².